The molecule has 6 N–H and O–H groups in total. The van der Waals surface area contributed by atoms with Gasteiger partial charge < -0.3 is 30.0 Å². The van der Waals surface area contributed by atoms with Gasteiger partial charge in [-0.25, -0.2) is 4.57 Å². The van der Waals surface area contributed by atoms with Crippen LogP contribution in [-0.2, 0) is 4.57 Å². The number of thiol groups is 1. The van der Waals surface area contributed by atoms with Crippen molar-refractivity contribution >= 4 is 20.5 Å². The summed E-state index contributed by atoms with van der Waals surface area (Å²) < 4.78 is 8.88. The maximum Gasteiger partial charge on any atom is 0.466 e. The molecule has 0 saturated carbocycles. The van der Waals surface area contributed by atoms with E-state index in [0.29, 0.717) is 0 Å². The molecular weight excluding hydrogens is 211 g/mol. The zero-order valence-corrected chi connectivity index (χ0v) is 7.64. The third-order valence-electron chi connectivity index (χ3n) is 0.531. The van der Waals surface area contributed by atoms with E-state index in [4.69, 9.17) is 34.6 Å². The molecule has 0 aliphatic carbocycles. The van der Waals surface area contributed by atoms with Crippen molar-refractivity contribution in [2.24, 2.45) is 0 Å². The summed E-state index contributed by atoms with van der Waals surface area (Å²) in [6.45, 7) is -0.454. The van der Waals surface area contributed by atoms with E-state index in [0.717, 1.165) is 0 Å². The monoisotopic (exact) mass is 222 g/mol. The first-order chi connectivity index (χ1) is 5.18. The standard InChI is InChI=1S/C3H8O3S.H3O4P/c4-1-2(5)3(6)7;1-5(2,3)4/h2-7H,1H2;(H3,1,2,3,4). The minimum absolute atomic E-state index is 0.454. The van der Waals surface area contributed by atoms with Gasteiger partial charge in [0.1, 0.15) is 11.5 Å². The summed E-state index contributed by atoms with van der Waals surface area (Å²) >= 11 is 3.42. The predicted molar refractivity (Wildman–Crippen MR) is 42.3 cm³/mol. The highest BCUT2D eigenvalue weighted by Crippen LogP contribution is 2.25. The molecule has 0 aliphatic rings. The summed E-state index contributed by atoms with van der Waals surface area (Å²) in [6.07, 6.45) is -1.12. The SMILES string of the molecule is O=P(O)(O)O.OCC(O)C(O)S. The van der Waals surface area contributed by atoms with Gasteiger partial charge >= 0.3 is 7.82 Å². The fraction of sp³-hybridized carbons (Fsp3) is 1.00. The number of aliphatic hydroxyl groups excluding tert-OH is 3. The van der Waals surface area contributed by atoms with Crippen molar-refractivity contribution in [1.82, 2.24) is 0 Å². The summed E-state index contributed by atoms with van der Waals surface area (Å²) in [6, 6.07) is 0. The second kappa shape index (κ2) is 6.81. The van der Waals surface area contributed by atoms with E-state index in [1.807, 2.05) is 0 Å². The Hall–Kier alpha value is 0.340. The maximum absolute atomic E-state index is 8.88. The normalized spacial score (nSPS) is 15.9. The van der Waals surface area contributed by atoms with Gasteiger partial charge in [0.15, 0.2) is 0 Å². The van der Waals surface area contributed by atoms with Crippen molar-refractivity contribution in [3.8, 4) is 0 Å². The zero-order chi connectivity index (χ0) is 10.4. The topological polar surface area (TPSA) is 138 Å². The highest BCUT2D eigenvalue weighted by atomic mass is 32.1. The molecule has 76 valence electrons. The molecule has 0 spiro atoms. The van der Waals surface area contributed by atoms with Gasteiger partial charge in [-0.05, 0) is 0 Å². The first kappa shape index (κ1) is 14.8. The van der Waals surface area contributed by atoms with Crippen LogP contribution in [0, 0.1) is 0 Å². The van der Waals surface area contributed by atoms with Crippen LogP contribution in [0.4, 0.5) is 0 Å². The number of aliphatic hydroxyl groups is 3. The molecule has 0 aliphatic heterocycles. The second-order valence-electron chi connectivity index (χ2n) is 1.68. The molecule has 0 aromatic rings. The molecule has 0 aromatic carbocycles. The average Bonchev–Trinajstić information content (AvgIpc) is 1.82. The third kappa shape index (κ3) is 22.4. The van der Waals surface area contributed by atoms with Crippen LogP contribution in [0.2, 0.25) is 0 Å². The molecule has 0 radical (unpaired) electrons. The van der Waals surface area contributed by atoms with Crippen molar-refractivity contribution in [2.45, 2.75) is 11.5 Å². The second-order valence-corrected chi connectivity index (χ2v) is 3.23. The van der Waals surface area contributed by atoms with Crippen LogP contribution >= 0.6 is 20.5 Å². The van der Waals surface area contributed by atoms with Gasteiger partial charge in [0.05, 0.1) is 6.61 Å². The molecule has 0 bridgehead atoms. The highest BCUT2D eigenvalue weighted by Gasteiger charge is 2.07. The Morgan fingerprint density at radius 2 is 1.50 bits per heavy atom. The molecule has 0 amide bonds. The summed E-state index contributed by atoms with van der Waals surface area (Å²) in [4.78, 5) is 21.6. The molecule has 9 heteroatoms. The lowest BCUT2D eigenvalue weighted by molar-refractivity contribution is 0.0294. The number of hydrogen-bond acceptors (Lipinski definition) is 5. The Kier molecular flexibility index (Phi) is 8.43. The lowest BCUT2D eigenvalue weighted by Crippen LogP contribution is -2.23. The van der Waals surface area contributed by atoms with Crippen molar-refractivity contribution in [1.29, 1.82) is 0 Å². The fourth-order valence-electron chi connectivity index (χ4n) is 0.0943. The molecule has 0 rings (SSSR count). The lowest BCUT2D eigenvalue weighted by atomic mass is 10.4. The van der Waals surface area contributed by atoms with Crippen molar-refractivity contribution in [2.75, 3.05) is 6.61 Å². The molecule has 0 fully saturated rings. The van der Waals surface area contributed by atoms with Crippen LogP contribution in [0.15, 0.2) is 0 Å². The largest absolute Gasteiger partial charge is 0.466 e. The van der Waals surface area contributed by atoms with Crippen molar-refractivity contribution in [3.63, 3.8) is 0 Å². The molecule has 12 heavy (non-hydrogen) atoms. The lowest BCUT2D eigenvalue weighted by Gasteiger charge is -2.06. The molecule has 0 aromatic heterocycles. The first-order valence-corrected chi connectivity index (χ1v) is 4.70. The van der Waals surface area contributed by atoms with Crippen LogP contribution < -0.4 is 0 Å². The third-order valence-corrected chi connectivity index (χ3v) is 0.875. The van der Waals surface area contributed by atoms with Crippen LogP contribution in [0.1, 0.15) is 0 Å². The smallest absolute Gasteiger partial charge is 0.394 e. The maximum atomic E-state index is 8.88. The highest BCUT2D eigenvalue weighted by molar-refractivity contribution is 7.80. The van der Waals surface area contributed by atoms with Gasteiger partial charge in [-0.2, -0.15) is 0 Å². The molecule has 2 atom stereocenters. The Bertz CT molecular complexity index is 135. The van der Waals surface area contributed by atoms with E-state index >= 15 is 0 Å². The summed E-state index contributed by atoms with van der Waals surface area (Å²) in [5.74, 6) is 0. The van der Waals surface area contributed by atoms with Crippen molar-refractivity contribution < 1.29 is 34.6 Å². The van der Waals surface area contributed by atoms with Crippen LogP contribution in [0.5, 0.6) is 0 Å². The Balaban J connectivity index is 0. The van der Waals surface area contributed by atoms with E-state index in [-0.39, 0.29) is 0 Å². The van der Waals surface area contributed by atoms with Gasteiger partial charge in [0.2, 0.25) is 0 Å². The Morgan fingerprint density at radius 1 is 1.25 bits per heavy atom. The summed E-state index contributed by atoms with van der Waals surface area (Å²) in [5.41, 5.74) is -1.13. The van der Waals surface area contributed by atoms with Gasteiger partial charge in [-0.3, -0.25) is 0 Å². The molecule has 0 saturated heterocycles. The minimum Gasteiger partial charge on any atom is -0.394 e. The zero-order valence-electron chi connectivity index (χ0n) is 5.85. The molecule has 2 unspecified atom stereocenters. The van der Waals surface area contributed by atoms with Crippen LogP contribution in [-0.4, -0.2) is 48.1 Å². The first-order valence-electron chi connectivity index (χ1n) is 2.61. The van der Waals surface area contributed by atoms with Gasteiger partial charge in [-0.1, -0.05) is 0 Å². The van der Waals surface area contributed by atoms with Gasteiger partial charge in [0, 0.05) is 0 Å². The number of phosphoric acid groups is 1. The molecular formula is C3H11O7PS. The van der Waals surface area contributed by atoms with E-state index in [1.165, 1.54) is 0 Å². The molecule has 7 nitrogen and oxygen atoms in total. The number of rotatable bonds is 2. The summed E-state index contributed by atoms with van der Waals surface area (Å²) in [7, 11) is -4.64. The van der Waals surface area contributed by atoms with Gasteiger partial charge in [0.25, 0.3) is 0 Å². The van der Waals surface area contributed by atoms with Crippen LogP contribution in [0.3, 0.4) is 0 Å². The van der Waals surface area contributed by atoms with E-state index in [1.54, 1.807) is 0 Å². The quantitative estimate of drug-likeness (QED) is 0.158. The predicted octanol–water partition coefficient (Wildman–Crippen LogP) is -2.34. The van der Waals surface area contributed by atoms with Crippen molar-refractivity contribution in [3.05, 3.63) is 0 Å². The average molecular weight is 222 g/mol. The van der Waals surface area contributed by atoms with E-state index in [2.05, 4.69) is 12.6 Å². The summed E-state index contributed by atoms with van der Waals surface area (Å²) in [5, 5.41) is 24.7. The van der Waals surface area contributed by atoms with Gasteiger partial charge in [-0.15, -0.1) is 12.6 Å². The minimum atomic E-state index is -4.64. The number of hydrogen-bond donors (Lipinski definition) is 7. The van der Waals surface area contributed by atoms with E-state index < -0.39 is 26.0 Å². The fourth-order valence-corrected chi connectivity index (χ4v) is 0.189. The molecule has 0 heterocycles. The van der Waals surface area contributed by atoms with Crippen LogP contribution in [0.25, 0.3) is 0 Å². The Morgan fingerprint density at radius 3 is 1.50 bits per heavy atom. The van der Waals surface area contributed by atoms with E-state index in [9.17, 15) is 0 Å². The Labute approximate surface area is 73.9 Å².